The second-order valence-electron chi connectivity index (χ2n) is 8.20. The van der Waals surface area contributed by atoms with Crippen LogP contribution in [0.1, 0.15) is 39.2 Å². The van der Waals surface area contributed by atoms with Crippen molar-refractivity contribution in [2.75, 3.05) is 7.11 Å². The number of nitrogens with zero attached hydrogens (tertiary/aromatic N) is 2. The van der Waals surface area contributed by atoms with Gasteiger partial charge in [-0.2, -0.15) is 5.26 Å². The number of nitriles is 1. The Bertz CT molecular complexity index is 1290. The molecule has 182 valence electrons. The highest BCUT2D eigenvalue weighted by Gasteiger charge is 2.32. The second kappa shape index (κ2) is 10.7. The highest BCUT2D eigenvalue weighted by Crippen LogP contribution is 2.26. The van der Waals surface area contributed by atoms with Crippen molar-refractivity contribution >= 4 is 34.7 Å². The fourth-order valence-corrected chi connectivity index (χ4v) is 4.04. The van der Waals surface area contributed by atoms with Crippen LogP contribution in [0.4, 0.5) is 13.2 Å². The van der Waals surface area contributed by atoms with Gasteiger partial charge in [-0.05, 0) is 18.6 Å². The lowest BCUT2D eigenvalue weighted by molar-refractivity contribution is -0.274. The first kappa shape index (κ1) is 26.9. The van der Waals surface area contributed by atoms with Gasteiger partial charge in [-0.1, -0.05) is 39.0 Å². The van der Waals surface area contributed by atoms with Gasteiger partial charge in [0.05, 0.1) is 11.6 Å². The van der Waals surface area contributed by atoms with Crippen LogP contribution in [0.15, 0.2) is 29.1 Å². The number of ketones is 1. The first-order chi connectivity index (χ1) is 15.8. The van der Waals surface area contributed by atoms with E-state index in [1.165, 1.54) is 36.0 Å². The van der Waals surface area contributed by atoms with E-state index in [0.29, 0.717) is 0 Å². The van der Waals surface area contributed by atoms with Crippen molar-refractivity contribution in [3.05, 3.63) is 49.4 Å². The monoisotopic (exact) mass is 496 g/mol. The number of hydrogen-bond acceptors (Lipinski definition) is 7. The maximum atomic E-state index is 13.2. The van der Waals surface area contributed by atoms with Gasteiger partial charge in [0.2, 0.25) is 0 Å². The van der Waals surface area contributed by atoms with Gasteiger partial charge in [0.1, 0.15) is 22.1 Å². The molecule has 1 aromatic heterocycles. The molecule has 0 aliphatic heterocycles. The smallest absolute Gasteiger partial charge is 0.469 e. The van der Waals surface area contributed by atoms with E-state index in [9.17, 15) is 32.8 Å². The number of halogens is 3. The molecule has 0 spiro atoms. The Balaban J connectivity index is 2.76. The quantitative estimate of drug-likeness (QED) is 0.547. The van der Waals surface area contributed by atoms with Gasteiger partial charge in [-0.15, -0.1) is 24.5 Å². The number of carbonyl (C=O) groups excluding carboxylic acids is 2. The summed E-state index contributed by atoms with van der Waals surface area (Å²) >= 11 is 0.811. The summed E-state index contributed by atoms with van der Waals surface area (Å²) in [7, 11) is 1.22. The van der Waals surface area contributed by atoms with Crippen LogP contribution in [0.25, 0.3) is 11.6 Å². The molecular weight excluding hydrogens is 473 g/mol. The van der Waals surface area contributed by atoms with Crippen LogP contribution >= 0.6 is 11.3 Å². The maximum absolute atomic E-state index is 13.2. The summed E-state index contributed by atoms with van der Waals surface area (Å²) in [5.41, 5.74) is -1.78. The minimum atomic E-state index is -4.93. The summed E-state index contributed by atoms with van der Waals surface area (Å²) in [4.78, 5) is 37.5. The van der Waals surface area contributed by atoms with Gasteiger partial charge in [0, 0.05) is 23.9 Å². The summed E-state index contributed by atoms with van der Waals surface area (Å²) in [6.45, 7) is 4.87. The summed E-state index contributed by atoms with van der Waals surface area (Å²) in [5.74, 6) is -1.49. The number of ether oxygens (including phenoxy) is 2. The molecule has 0 aliphatic rings. The molecule has 0 fully saturated rings. The van der Waals surface area contributed by atoms with Gasteiger partial charge in [-0.3, -0.25) is 19.0 Å². The van der Waals surface area contributed by atoms with Crippen LogP contribution in [-0.2, 0) is 20.9 Å². The molecule has 1 aromatic carbocycles. The maximum Gasteiger partial charge on any atom is 0.573 e. The molecule has 1 heterocycles. The minimum Gasteiger partial charge on any atom is -0.469 e. The van der Waals surface area contributed by atoms with E-state index in [-0.39, 0.29) is 39.7 Å². The summed E-state index contributed by atoms with van der Waals surface area (Å²) in [5, 5.41) is 9.71. The largest absolute Gasteiger partial charge is 0.573 e. The predicted octanol–water partition coefficient (Wildman–Crippen LogP) is 2.88. The molecule has 2 aromatic rings. The topological polar surface area (TPSA) is 98.4 Å². The SMILES string of the molecule is COC(=O)CCCn1c(=C(C#N)C(=O)C(C)(C)C)sc(=Cc2ccccc2OC(F)(F)F)c1=O. The van der Waals surface area contributed by atoms with Crippen LogP contribution in [0.5, 0.6) is 5.75 Å². The molecule has 0 saturated carbocycles. The zero-order valence-corrected chi connectivity index (χ0v) is 19.8. The van der Waals surface area contributed by atoms with Gasteiger partial charge in [0.15, 0.2) is 5.78 Å². The lowest BCUT2D eigenvalue weighted by Crippen LogP contribution is -2.34. The molecule has 0 N–H and O–H groups in total. The first-order valence-electron chi connectivity index (χ1n) is 10.1. The lowest BCUT2D eigenvalue weighted by atomic mass is 9.87. The van der Waals surface area contributed by atoms with E-state index in [4.69, 9.17) is 0 Å². The van der Waals surface area contributed by atoms with Crippen molar-refractivity contribution in [3.8, 4) is 11.8 Å². The van der Waals surface area contributed by atoms with Crippen molar-refractivity contribution in [2.24, 2.45) is 5.41 Å². The summed E-state index contributed by atoms with van der Waals surface area (Å²) in [6.07, 6.45) is -3.54. The van der Waals surface area contributed by atoms with Gasteiger partial charge >= 0.3 is 12.3 Å². The molecule has 0 bridgehead atoms. The fourth-order valence-electron chi connectivity index (χ4n) is 2.92. The third-order valence-corrected chi connectivity index (χ3v) is 5.69. The van der Waals surface area contributed by atoms with E-state index in [0.717, 1.165) is 17.4 Å². The zero-order valence-electron chi connectivity index (χ0n) is 19.0. The molecule has 0 aliphatic carbocycles. The van der Waals surface area contributed by atoms with E-state index < -0.39 is 34.8 Å². The second-order valence-corrected chi connectivity index (χ2v) is 9.23. The Hall–Kier alpha value is -3.39. The number of rotatable bonds is 7. The molecule has 0 amide bonds. The standard InChI is InChI=1S/C23H23F3N2O5S/c1-22(2,3)19(30)15(13-27)21-28(11-7-10-18(29)32-4)20(31)17(34-21)12-14-8-5-6-9-16(14)33-23(24,25)26/h5-6,8-9,12H,7,10-11H2,1-4H3. The van der Waals surface area contributed by atoms with Gasteiger partial charge < -0.3 is 9.47 Å². The highest BCUT2D eigenvalue weighted by atomic mass is 32.1. The molecule has 34 heavy (non-hydrogen) atoms. The van der Waals surface area contributed by atoms with Crippen LogP contribution in [0, 0.1) is 16.7 Å². The molecule has 11 heteroatoms. The van der Waals surface area contributed by atoms with E-state index in [1.54, 1.807) is 20.8 Å². The normalized spacial score (nSPS) is 13.3. The third kappa shape index (κ3) is 6.81. The number of para-hydroxylation sites is 1. The Morgan fingerprint density at radius 3 is 2.41 bits per heavy atom. The number of esters is 1. The predicted molar refractivity (Wildman–Crippen MR) is 119 cm³/mol. The molecule has 0 unspecified atom stereocenters. The fraction of sp³-hybridized carbons (Fsp3) is 0.391. The van der Waals surface area contributed by atoms with Crippen molar-refractivity contribution < 1.29 is 32.2 Å². The number of benzene rings is 1. The average Bonchev–Trinajstić information content (AvgIpc) is 3.03. The molecule has 2 rings (SSSR count). The molecule has 0 radical (unpaired) electrons. The van der Waals surface area contributed by atoms with E-state index in [2.05, 4.69) is 9.47 Å². The van der Waals surface area contributed by atoms with Crippen molar-refractivity contribution in [2.45, 2.75) is 46.5 Å². The van der Waals surface area contributed by atoms with Gasteiger partial charge in [0.25, 0.3) is 5.56 Å². The molecule has 7 nitrogen and oxygen atoms in total. The number of alkyl halides is 3. The summed E-state index contributed by atoms with van der Waals surface area (Å²) in [6, 6.07) is 7.15. The van der Waals surface area contributed by atoms with Crippen molar-refractivity contribution in [3.63, 3.8) is 0 Å². The lowest BCUT2D eigenvalue weighted by Gasteiger charge is -2.15. The Labute approximate surface area is 197 Å². The van der Waals surface area contributed by atoms with Crippen LogP contribution in [0.3, 0.4) is 0 Å². The molecular formula is C23H23F3N2O5S. The highest BCUT2D eigenvalue weighted by molar-refractivity contribution is 7.07. The first-order valence-corrected chi connectivity index (χ1v) is 10.9. The number of thiazole rings is 1. The number of methoxy groups -OCH3 is 1. The third-order valence-electron chi connectivity index (χ3n) is 4.56. The zero-order chi connectivity index (χ0) is 25.7. The Kier molecular flexibility index (Phi) is 8.45. The van der Waals surface area contributed by atoms with E-state index in [1.807, 2.05) is 6.07 Å². The number of Topliss-reactive ketones (excluding diaryl/α,β-unsaturated/α-hetero) is 1. The Morgan fingerprint density at radius 2 is 1.85 bits per heavy atom. The van der Waals surface area contributed by atoms with Crippen LogP contribution in [0.2, 0.25) is 0 Å². The number of aromatic nitrogens is 1. The van der Waals surface area contributed by atoms with Gasteiger partial charge in [-0.25, -0.2) is 0 Å². The summed E-state index contributed by atoms with van der Waals surface area (Å²) < 4.78 is 48.2. The van der Waals surface area contributed by atoms with E-state index >= 15 is 0 Å². The minimum absolute atomic E-state index is 0.000696. The van der Waals surface area contributed by atoms with Crippen LogP contribution < -0.4 is 19.5 Å². The average molecular weight is 497 g/mol. The van der Waals surface area contributed by atoms with Crippen molar-refractivity contribution in [1.82, 2.24) is 4.57 Å². The van der Waals surface area contributed by atoms with Crippen molar-refractivity contribution in [1.29, 1.82) is 5.26 Å². The number of hydrogen-bond donors (Lipinski definition) is 0. The number of carbonyl (C=O) groups is 2. The molecule has 0 atom stereocenters. The molecule has 0 saturated heterocycles. The van der Waals surface area contributed by atoms with Crippen LogP contribution in [-0.4, -0.2) is 29.8 Å². The Morgan fingerprint density at radius 1 is 1.21 bits per heavy atom.